The van der Waals surface area contributed by atoms with Crippen LogP contribution in [0.2, 0.25) is 0 Å². The van der Waals surface area contributed by atoms with E-state index in [1.807, 2.05) is 67.6 Å². The Morgan fingerprint density at radius 2 is 1.44 bits per heavy atom. The molecule has 10 nitrogen and oxygen atoms in total. The lowest BCUT2D eigenvalue weighted by molar-refractivity contribution is -0.124. The molecule has 0 unspecified atom stereocenters. The molecule has 2 amide bonds. The molecule has 0 saturated carbocycles. The summed E-state index contributed by atoms with van der Waals surface area (Å²) in [6.07, 6.45) is 1.36. The lowest BCUT2D eigenvalue weighted by Gasteiger charge is -2.33. The number of hydrogen-bond acceptors (Lipinski definition) is 7. The standard InChI is InChI=1S/C34H46N4O6S/c1-5-28(17-12-18-29(23-39)38(24(2)3)45(42,43)30-21-19-27(35)20-22-30)36-33(40)32(37-34(41)44-4)31(25-13-8-6-9-14-25)26-15-10-7-11-16-26/h6-11,13-16,19-22,24,28-29,31-32,39H,5,12,17-18,23,35H2,1-4H3,(H,36,40)(H,37,41)/t28-,29-,32-/m0/s1. The molecule has 0 aliphatic heterocycles. The number of nitrogens with zero attached hydrogens (tertiary/aromatic N) is 1. The molecule has 3 aromatic carbocycles. The minimum absolute atomic E-state index is 0.109. The van der Waals surface area contributed by atoms with Crippen molar-refractivity contribution in [2.24, 2.45) is 0 Å². The number of amides is 2. The molecular formula is C34H46N4O6S. The van der Waals surface area contributed by atoms with E-state index in [-0.39, 0.29) is 23.5 Å². The van der Waals surface area contributed by atoms with Crippen molar-refractivity contribution in [3.63, 3.8) is 0 Å². The Hall–Kier alpha value is -3.93. The molecule has 0 radical (unpaired) electrons. The van der Waals surface area contributed by atoms with Gasteiger partial charge in [0.1, 0.15) is 6.04 Å². The monoisotopic (exact) mass is 638 g/mol. The average Bonchev–Trinajstić information content (AvgIpc) is 3.04. The van der Waals surface area contributed by atoms with Crippen LogP contribution < -0.4 is 16.4 Å². The molecule has 0 aliphatic rings. The predicted molar refractivity (Wildman–Crippen MR) is 176 cm³/mol. The lowest BCUT2D eigenvalue weighted by atomic mass is 9.84. The Bertz CT molecular complexity index is 1410. The first kappa shape index (κ1) is 35.5. The Morgan fingerprint density at radius 1 is 0.889 bits per heavy atom. The van der Waals surface area contributed by atoms with Gasteiger partial charge in [-0.1, -0.05) is 67.6 Å². The zero-order valence-corrected chi connectivity index (χ0v) is 27.2. The van der Waals surface area contributed by atoms with Crippen molar-refractivity contribution in [1.29, 1.82) is 0 Å². The number of sulfonamides is 1. The zero-order chi connectivity index (χ0) is 33.0. The van der Waals surface area contributed by atoms with E-state index in [4.69, 9.17) is 10.5 Å². The Labute approximate surface area is 267 Å². The van der Waals surface area contributed by atoms with Crippen LogP contribution >= 0.6 is 0 Å². The molecule has 3 rings (SSSR count). The van der Waals surface area contributed by atoms with Crippen LogP contribution in [-0.4, -0.2) is 67.7 Å². The van der Waals surface area contributed by atoms with E-state index in [0.29, 0.717) is 31.4 Å². The Kier molecular flexibility index (Phi) is 13.4. The highest BCUT2D eigenvalue weighted by molar-refractivity contribution is 7.89. The van der Waals surface area contributed by atoms with Gasteiger partial charge in [-0.3, -0.25) is 4.79 Å². The number of carbonyl (C=O) groups excluding carboxylic acids is 2. The normalized spacial score (nSPS) is 13.8. The van der Waals surface area contributed by atoms with Gasteiger partial charge in [0, 0.05) is 29.7 Å². The number of benzene rings is 3. The largest absolute Gasteiger partial charge is 0.453 e. The number of anilines is 1. The Balaban J connectivity index is 1.78. The van der Waals surface area contributed by atoms with E-state index in [2.05, 4.69) is 10.6 Å². The summed E-state index contributed by atoms with van der Waals surface area (Å²) in [7, 11) is -2.64. The molecule has 5 N–H and O–H groups in total. The molecule has 45 heavy (non-hydrogen) atoms. The Morgan fingerprint density at radius 3 is 1.91 bits per heavy atom. The van der Waals surface area contributed by atoms with E-state index in [1.54, 1.807) is 13.8 Å². The number of nitrogens with two attached hydrogens (primary N) is 1. The first-order chi connectivity index (χ1) is 21.5. The number of ether oxygens (including phenoxy) is 1. The summed E-state index contributed by atoms with van der Waals surface area (Å²) < 4.78 is 33.3. The van der Waals surface area contributed by atoms with Crippen LogP contribution in [0.3, 0.4) is 0 Å². The fraction of sp³-hybridized carbons (Fsp3) is 0.412. The summed E-state index contributed by atoms with van der Waals surface area (Å²) in [6.45, 7) is 5.15. The van der Waals surface area contributed by atoms with Crippen molar-refractivity contribution < 1.29 is 27.9 Å². The third kappa shape index (κ3) is 9.53. The molecule has 0 aromatic heterocycles. The predicted octanol–water partition coefficient (Wildman–Crippen LogP) is 4.65. The van der Waals surface area contributed by atoms with Gasteiger partial charge in [-0.15, -0.1) is 0 Å². The van der Waals surface area contributed by atoms with Crippen molar-refractivity contribution in [2.45, 2.75) is 81.4 Å². The van der Waals surface area contributed by atoms with E-state index >= 15 is 0 Å². The van der Waals surface area contributed by atoms with Crippen molar-refractivity contribution in [3.05, 3.63) is 96.1 Å². The second-order valence-corrected chi connectivity index (χ2v) is 13.1. The molecular weight excluding hydrogens is 592 g/mol. The van der Waals surface area contributed by atoms with Crippen LogP contribution in [-0.2, 0) is 19.6 Å². The van der Waals surface area contributed by atoms with Gasteiger partial charge in [-0.2, -0.15) is 4.31 Å². The smallest absolute Gasteiger partial charge is 0.407 e. The van der Waals surface area contributed by atoms with Crippen LogP contribution in [0.1, 0.15) is 63.5 Å². The minimum atomic E-state index is -3.90. The van der Waals surface area contributed by atoms with E-state index in [0.717, 1.165) is 11.1 Å². The summed E-state index contributed by atoms with van der Waals surface area (Å²) in [5.41, 5.74) is 7.92. The van der Waals surface area contributed by atoms with Gasteiger partial charge in [-0.05, 0) is 74.9 Å². The fourth-order valence-electron chi connectivity index (χ4n) is 5.61. The number of nitrogens with one attached hydrogen (secondary N) is 2. The molecule has 11 heteroatoms. The average molecular weight is 639 g/mol. The topological polar surface area (TPSA) is 151 Å². The van der Waals surface area contributed by atoms with Gasteiger partial charge < -0.3 is 26.2 Å². The van der Waals surface area contributed by atoms with Crippen molar-refractivity contribution in [1.82, 2.24) is 14.9 Å². The van der Waals surface area contributed by atoms with Gasteiger partial charge in [-0.25, -0.2) is 13.2 Å². The molecule has 0 bridgehead atoms. The lowest BCUT2D eigenvalue weighted by Crippen LogP contribution is -2.52. The van der Waals surface area contributed by atoms with Gasteiger partial charge >= 0.3 is 6.09 Å². The summed E-state index contributed by atoms with van der Waals surface area (Å²) in [6, 6.07) is 22.7. The number of hydrogen-bond donors (Lipinski definition) is 4. The van der Waals surface area contributed by atoms with Crippen LogP contribution in [0.5, 0.6) is 0 Å². The van der Waals surface area contributed by atoms with Crippen LogP contribution in [0.4, 0.5) is 10.5 Å². The quantitative estimate of drug-likeness (QED) is 0.167. The highest BCUT2D eigenvalue weighted by atomic mass is 32.2. The fourth-order valence-corrected chi connectivity index (χ4v) is 7.45. The minimum Gasteiger partial charge on any atom is -0.453 e. The van der Waals surface area contributed by atoms with E-state index in [9.17, 15) is 23.1 Å². The van der Waals surface area contributed by atoms with E-state index in [1.165, 1.54) is 35.7 Å². The SMILES string of the molecule is CC[C@@H](CCC[C@@H](CO)N(C(C)C)S(=O)(=O)c1ccc(N)cc1)NC(=O)[C@@H](NC(=O)OC)C(c1ccccc1)c1ccccc1. The number of alkyl carbamates (subject to hydrolysis) is 1. The maximum atomic E-state index is 13.9. The van der Waals surface area contributed by atoms with E-state index < -0.39 is 40.2 Å². The summed E-state index contributed by atoms with van der Waals surface area (Å²) in [5, 5.41) is 16.1. The van der Waals surface area contributed by atoms with Gasteiger partial charge in [0.2, 0.25) is 15.9 Å². The molecule has 3 atom stereocenters. The number of methoxy groups -OCH3 is 1. The van der Waals surface area contributed by atoms with Crippen molar-refractivity contribution in [3.8, 4) is 0 Å². The molecule has 3 aromatic rings. The summed E-state index contributed by atoms with van der Waals surface area (Å²) in [4.78, 5) is 26.5. The first-order valence-electron chi connectivity index (χ1n) is 15.3. The summed E-state index contributed by atoms with van der Waals surface area (Å²) in [5.74, 6) is -0.848. The number of carbonyl (C=O) groups is 2. The maximum absolute atomic E-state index is 13.9. The molecule has 0 aliphatic carbocycles. The zero-order valence-electron chi connectivity index (χ0n) is 26.4. The van der Waals surface area contributed by atoms with Crippen molar-refractivity contribution in [2.75, 3.05) is 19.5 Å². The summed E-state index contributed by atoms with van der Waals surface area (Å²) >= 11 is 0. The highest BCUT2D eigenvalue weighted by Gasteiger charge is 2.35. The van der Waals surface area contributed by atoms with Crippen LogP contribution in [0.15, 0.2) is 89.8 Å². The van der Waals surface area contributed by atoms with Crippen LogP contribution in [0, 0.1) is 0 Å². The molecule has 0 fully saturated rings. The highest BCUT2D eigenvalue weighted by Crippen LogP contribution is 2.29. The number of aliphatic hydroxyl groups is 1. The molecule has 244 valence electrons. The van der Waals surface area contributed by atoms with Crippen LogP contribution in [0.25, 0.3) is 0 Å². The number of aliphatic hydroxyl groups excluding tert-OH is 1. The molecule has 0 spiro atoms. The second-order valence-electron chi connectivity index (χ2n) is 11.3. The number of rotatable bonds is 16. The first-order valence-corrected chi connectivity index (χ1v) is 16.7. The molecule has 0 saturated heterocycles. The van der Waals surface area contributed by atoms with Gasteiger partial charge in [0.05, 0.1) is 18.6 Å². The van der Waals surface area contributed by atoms with Gasteiger partial charge in [0.15, 0.2) is 0 Å². The third-order valence-electron chi connectivity index (χ3n) is 7.86. The van der Waals surface area contributed by atoms with Gasteiger partial charge in [0.25, 0.3) is 0 Å². The van der Waals surface area contributed by atoms with Crippen molar-refractivity contribution >= 4 is 27.7 Å². The maximum Gasteiger partial charge on any atom is 0.407 e. The third-order valence-corrected chi connectivity index (χ3v) is 10.00. The second kappa shape index (κ2) is 17.0. The number of nitrogen functional groups attached to an aromatic ring is 1. The molecule has 0 heterocycles.